The van der Waals surface area contributed by atoms with Gasteiger partial charge in [-0.3, -0.25) is 10.1 Å². The molecule has 0 saturated heterocycles. The molecule has 31 heavy (non-hydrogen) atoms. The van der Waals surface area contributed by atoms with E-state index < -0.39 is 11.7 Å². The average Bonchev–Trinajstić information content (AvgIpc) is 2.70. The molecular weight excluding hydrogens is 394 g/mol. The van der Waals surface area contributed by atoms with E-state index in [0.29, 0.717) is 34.1 Å². The quantitative estimate of drug-likeness (QED) is 0.463. The minimum Gasteiger partial charge on any atom is -0.455 e. The second-order valence-corrected chi connectivity index (χ2v) is 7.83. The van der Waals surface area contributed by atoms with Gasteiger partial charge < -0.3 is 20.5 Å². The summed E-state index contributed by atoms with van der Waals surface area (Å²) in [6.07, 6.45) is -0.529. The molecule has 0 unspecified atom stereocenters. The maximum atomic E-state index is 12.3. The number of nitrogens with one attached hydrogen (secondary N) is 2. The van der Waals surface area contributed by atoms with Gasteiger partial charge in [-0.1, -0.05) is 18.2 Å². The fraction of sp³-hybridized carbons (Fsp3) is 0.167. The van der Waals surface area contributed by atoms with E-state index in [0.717, 1.165) is 0 Å². The molecule has 7 nitrogen and oxygen atoms in total. The van der Waals surface area contributed by atoms with E-state index in [2.05, 4.69) is 10.6 Å². The third-order valence-electron chi connectivity index (χ3n) is 4.03. The van der Waals surface area contributed by atoms with Gasteiger partial charge in [0.2, 0.25) is 0 Å². The lowest BCUT2D eigenvalue weighted by Gasteiger charge is -2.19. The summed E-state index contributed by atoms with van der Waals surface area (Å²) in [4.78, 5) is 24.1. The highest BCUT2D eigenvalue weighted by atomic mass is 16.6. The second kappa shape index (κ2) is 9.21. The van der Waals surface area contributed by atoms with Crippen molar-refractivity contribution in [1.29, 1.82) is 0 Å². The highest BCUT2D eigenvalue weighted by Crippen LogP contribution is 2.30. The molecule has 0 radical (unpaired) electrons. The molecule has 0 atom stereocenters. The van der Waals surface area contributed by atoms with Crippen LogP contribution in [-0.2, 0) is 4.74 Å². The van der Waals surface area contributed by atoms with Gasteiger partial charge in [0.25, 0.3) is 5.91 Å². The van der Waals surface area contributed by atoms with E-state index in [1.54, 1.807) is 87.5 Å². The number of anilines is 3. The number of nitrogens with two attached hydrogens (primary N) is 1. The summed E-state index contributed by atoms with van der Waals surface area (Å²) in [5.41, 5.74) is 7.59. The van der Waals surface area contributed by atoms with Crippen LogP contribution in [0.4, 0.5) is 21.9 Å². The van der Waals surface area contributed by atoms with Crippen LogP contribution < -0.4 is 21.1 Å². The zero-order chi connectivity index (χ0) is 22.4. The van der Waals surface area contributed by atoms with Crippen molar-refractivity contribution < 1.29 is 19.1 Å². The van der Waals surface area contributed by atoms with Gasteiger partial charge in [-0.2, -0.15) is 0 Å². The first-order valence-electron chi connectivity index (χ1n) is 9.73. The number of nitrogen functional groups attached to an aromatic ring is 1. The number of amides is 2. The maximum Gasteiger partial charge on any atom is 0.412 e. The molecule has 160 valence electrons. The molecule has 0 bridgehead atoms. The van der Waals surface area contributed by atoms with Crippen LogP contribution in [0, 0.1) is 0 Å². The summed E-state index contributed by atoms with van der Waals surface area (Å²) in [6, 6.07) is 20.8. The lowest BCUT2D eigenvalue weighted by atomic mass is 10.2. The van der Waals surface area contributed by atoms with E-state index in [1.165, 1.54) is 0 Å². The first-order valence-corrected chi connectivity index (χ1v) is 9.73. The van der Waals surface area contributed by atoms with Gasteiger partial charge in [-0.25, -0.2) is 4.79 Å². The highest BCUT2D eigenvalue weighted by molar-refractivity contribution is 6.04. The Morgan fingerprint density at radius 3 is 2.10 bits per heavy atom. The minimum atomic E-state index is -0.572. The van der Waals surface area contributed by atoms with Gasteiger partial charge in [-0.15, -0.1) is 0 Å². The molecule has 0 fully saturated rings. The predicted octanol–water partition coefficient (Wildman–Crippen LogP) is 5.66. The van der Waals surface area contributed by atoms with Crippen LogP contribution in [0.5, 0.6) is 11.5 Å². The van der Waals surface area contributed by atoms with E-state index in [-0.39, 0.29) is 5.91 Å². The van der Waals surface area contributed by atoms with Crippen LogP contribution in [0.2, 0.25) is 0 Å². The van der Waals surface area contributed by atoms with Gasteiger partial charge in [0, 0.05) is 16.9 Å². The standard InChI is InChI=1S/C24H25N3O4/c1-24(2,3)31-23(29)27-17-9-12-19(13-10-17)30-21-14-11-18(15-20(21)25)26-22(28)16-7-5-4-6-8-16/h4-15H,25H2,1-3H3,(H,26,28)(H,27,29). The van der Waals surface area contributed by atoms with Gasteiger partial charge in [0.05, 0.1) is 5.69 Å². The normalized spacial score (nSPS) is 10.8. The van der Waals surface area contributed by atoms with Crippen LogP contribution in [0.1, 0.15) is 31.1 Å². The Bertz CT molecular complexity index is 1060. The summed E-state index contributed by atoms with van der Waals surface area (Å²) in [6.45, 7) is 5.39. The third kappa shape index (κ3) is 6.50. The van der Waals surface area contributed by atoms with E-state index in [4.69, 9.17) is 15.2 Å². The predicted molar refractivity (Wildman–Crippen MR) is 122 cm³/mol. The zero-order valence-corrected chi connectivity index (χ0v) is 17.6. The van der Waals surface area contributed by atoms with Crippen molar-refractivity contribution in [1.82, 2.24) is 0 Å². The SMILES string of the molecule is CC(C)(C)OC(=O)Nc1ccc(Oc2ccc(NC(=O)c3ccccc3)cc2N)cc1. The summed E-state index contributed by atoms with van der Waals surface area (Å²) >= 11 is 0. The van der Waals surface area contributed by atoms with E-state index >= 15 is 0 Å². The number of hydrogen-bond acceptors (Lipinski definition) is 5. The molecule has 0 aliphatic heterocycles. The molecule has 7 heteroatoms. The lowest BCUT2D eigenvalue weighted by Crippen LogP contribution is -2.27. The minimum absolute atomic E-state index is 0.221. The Morgan fingerprint density at radius 2 is 1.48 bits per heavy atom. The van der Waals surface area contributed by atoms with Crippen molar-refractivity contribution in [3.05, 3.63) is 78.4 Å². The lowest BCUT2D eigenvalue weighted by molar-refractivity contribution is 0.0635. The fourth-order valence-corrected chi connectivity index (χ4v) is 2.67. The maximum absolute atomic E-state index is 12.3. The van der Waals surface area contributed by atoms with Gasteiger partial charge in [0.1, 0.15) is 17.1 Å². The van der Waals surface area contributed by atoms with E-state index in [9.17, 15) is 9.59 Å². The molecule has 3 rings (SSSR count). The van der Waals surface area contributed by atoms with Crippen LogP contribution in [0.15, 0.2) is 72.8 Å². The number of carbonyl (C=O) groups is 2. The number of carbonyl (C=O) groups excluding carboxylic acids is 2. The monoisotopic (exact) mass is 419 g/mol. The summed E-state index contributed by atoms with van der Waals surface area (Å²) in [5.74, 6) is 0.773. The third-order valence-corrected chi connectivity index (χ3v) is 4.03. The topological polar surface area (TPSA) is 103 Å². The van der Waals surface area contributed by atoms with Gasteiger partial charge >= 0.3 is 6.09 Å². The van der Waals surface area contributed by atoms with Crippen LogP contribution in [-0.4, -0.2) is 17.6 Å². The first-order chi connectivity index (χ1) is 14.7. The fourth-order valence-electron chi connectivity index (χ4n) is 2.67. The summed E-state index contributed by atoms with van der Waals surface area (Å²) in [7, 11) is 0. The molecule has 0 aliphatic carbocycles. The molecule has 0 heterocycles. The Hall–Kier alpha value is -4.00. The molecule has 3 aromatic rings. The molecular formula is C24H25N3O4. The van der Waals surface area contributed by atoms with Gasteiger partial charge in [-0.05, 0) is 75.4 Å². The highest BCUT2D eigenvalue weighted by Gasteiger charge is 2.16. The summed E-state index contributed by atoms with van der Waals surface area (Å²) < 4.78 is 11.0. The van der Waals surface area contributed by atoms with Gasteiger partial charge in [0.15, 0.2) is 0 Å². The molecule has 0 aromatic heterocycles. The Labute approximate surface area is 181 Å². The molecule has 4 N–H and O–H groups in total. The van der Waals surface area contributed by atoms with E-state index in [1.807, 2.05) is 6.07 Å². The van der Waals surface area contributed by atoms with Crippen molar-refractivity contribution >= 4 is 29.1 Å². The first kappa shape index (κ1) is 21.7. The van der Waals surface area contributed by atoms with Crippen LogP contribution in [0.25, 0.3) is 0 Å². The number of ether oxygens (including phenoxy) is 2. The number of hydrogen-bond donors (Lipinski definition) is 3. The summed E-state index contributed by atoms with van der Waals surface area (Å²) in [5, 5.41) is 5.46. The smallest absolute Gasteiger partial charge is 0.412 e. The van der Waals surface area contributed by atoms with Crippen molar-refractivity contribution in [3.8, 4) is 11.5 Å². The molecule has 2 amide bonds. The Morgan fingerprint density at radius 1 is 0.839 bits per heavy atom. The van der Waals surface area contributed by atoms with Crippen LogP contribution >= 0.6 is 0 Å². The van der Waals surface area contributed by atoms with Crippen molar-refractivity contribution in [3.63, 3.8) is 0 Å². The van der Waals surface area contributed by atoms with Crippen molar-refractivity contribution in [2.24, 2.45) is 0 Å². The van der Waals surface area contributed by atoms with Crippen molar-refractivity contribution in [2.45, 2.75) is 26.4 Å². The zero-order valence-electron chi connectivity index (χ0n) is 17.6. The average molecular weight is 419 g/mol. The Balaban J connectivity index is 1.61. The molecule has 0 aliphatic rings. The molecule has 0 spiro atoms. The Kier molecular flexibility index (Phi) is 6.45. The molecule has 0 saturated carbocycles. The van der Waals surface area contributed by atoms with Crippen LogP contribution in [0.3, 0.4) is 0 Å². The largest absolute Gasteiger partial charge is 0.455 e. The molecule has 3 aromatic carbocycles. The number of rotatable bonds is 5. The number of benzene rings is 3. The second-order valence-electron chi connectivity index (χ2n) is 7.83. The van der Waals surface area contributed by atoms with Crippen molar-refractivity contribution in [2.75, 3.05) is 16.4 Å².